The van der Waals surface area contributed by atoms with Crippen LogP contribution in [0, 0.1) is 0 Å². The van der Waals surface area contributed by atoms with Gasteiger partial charge in [-0.3, -0.25) is 4.79 Å². The van der Waals surface area contributed by atoms with E-state index in [0.717, 1.165) is 10.0 Å². The largest absolute Gasteiger partial charge is 0.294 e. The first-order chi connectivity index (χ1) is 9.20. The van der Waals surface area contributed by atoms with E-state index in [1.807, 2.05) is 48.7 Å². The molecule has 0 aliphatic heterocycles. The molecule has 0 N–H and O–H groups in total. The van der Waals surface area contributed by atoms with Crippen molar-refractivity contribution in [3.63, 3.8) is 0 Å². The number of carbonyl (C=O) groups is 1. The summed E-state index contributed by atoms with van der Waals surface area (Å²) in [4.78, 5) is 12.2. The van der Waals surface area contributed by atoms with Gasteiger partial charge in [0.25, 0.3) is 0 Å². The number of halogens is 1. The molecule has 2 rings (SSSR count). The highest BCUT2D eigenvalue weighted by Gasteiger charge is 2.16. The van der Waals surface area contributed by atoms with Crippen LogP contribution in [0.3, 0.4) is 0 Å². The monoisotopic (exact) mass is 334 g/mol. The summed E-state index contributed by atoms with van der Waals surface area (Å²) < 4.78 is 1.06. The molecule has 3 heteroatoms. The topological polar surface area (TPSA) is 17.1 Å². The SMILES string of the molecule is CSC(CC(=O)c1ccccc1)c1ccc(Br)cc1. The van der Waals surface area contributed by atoms with Crippen LogP contribution >= 0.6 is 27.7 Å². The number of rotatable bonds is 5. The Morgan fingerprint density at radius 2 is 1.74 bits per heavy atom. The van der Waals surface area contributed by atoms with Crippen molar-refractivity contribution in [1.29, 1.82) is 0 Å². The second kappa shape index (κ2) is 6.92. The van der Waals surface area contributed by atoms with Crippen molar-refractivity contribution in [3.8, 4) is 0 Å². The third-order valence-corrected chi connectivity index (χ3v) is 4.53. The predicted molar refractivity (Wildman–Crippen MR) is 85.8 cm³/mol. The fourth-order valence-electron chi connectivity index (χ4n) is 1.92. The average Bonchev–Trinajstić information content (AvgIpc) is 2.46. The Balaban J connectivity index is 2.11. The van der Waals surface area contributed by atoms with Crippen molar-refractivity contribution in [2.45, 2.75) is 11.7 Å². The van der Waals surface area contributed by atoms with Gasteiger partial charge in [-0.1, -0.05) is 58.4 Å². The van der Waals surface area contributed by atoms with E-state index >= 15 is 0 Å². The minimum atomic E-state index is 0.197. The van der Waals surface area contributed by atoms with Crippen molar-refractivity contribution in [1.82, 2.24) is 0 Å². The van der Waals surface area contributed by atoms with Crippen LogP contribution in [-0.4, -0.2) is 12.0 Å². The van der Waals surface area contributed by atoms with Crippen molar-refractivity contribution in [2.75, 3.05) is 6.26 Å². The third-order valence-electron chi connectivity index (χ3n) is 2.99. The first kappa shape index (κ1) is 14.4. The lowest BCUT2D eigenvalue weighted by Crippen LogP contribution is -2.05. The van der Waals surface area contributed by atoms with Crippen molar-refractivity contribution in [2.24, 2.45) is 0 Å². The summed E-state index contributed by atoms with van der Waals surface area (Å²) in [7, 11) is 0. The Hall–Kier alpha value is -1.06. The van der Waals surface area contributed by atoms with Crippen LogP contribution in [0.5, 0.6) is 0 Å². The van der Waals surface area contributed by atoms with Crippen molar-refractivity contribution < 1.29 is 4.79 Å². The molecule has 0 aliphatic rings. The normalized spacial score (nSPS) is 12.1. The number of ketones is 1. The third kappa shape index (κ3) is 3.95. The van der Waals surface area contributed by atoms with E-state index in [1.165, 1.54) is 5.56 Å². The number of hydrogen-bond acceptors (Lipinski definition) is 2. The van der Waals surface area contributed by atoms with E-state index in [9.17, 15) is 4.79 Å². The predicted octanol–water partition coefficient (Wildman–Crippen LogP) is 5.13. The van der Waals surface area contributed by atoms with Gasteiger partial charge in [-0.05, 0) is 24.0 Å². The summed E-state index contributed by atoms with van der Waals surface area (Å²) in [5, 5.41) is 0.209. The number of thioether (sulfide) groups is 1. The summed E-state index contributed by atoms with van der Waals surface area (Å²) >= 11 is 5.15. The van der Waals surface area contributed by atoms with Gasteiger partial charge in [0.15, 0.2) is 5.78 Å². The Kier molecular flexibility index (Phi) is 5.23. The van der Waals surface area contributed by atoms with E-state index in [4.69, 9.17) is 0 Å². The molecular weight excluding hydrogens is 320 g/mol. The number of hydrogen-bond donors (Lipinski definition) is 0. The van der Waals surface area contributed by atoms with Gasteiger partial charge in [-0.25, -0.2) is 0 Å². The lowest BCUT2D eigenvalue weighted by Gasteiger charge is -2.14. The molecule has 19 heavy (non-hydrogen) atoms. The molecule has 0 aromatic heterocycles. The molecule has 0 spiro atoms. The smallest absolute Gasteiger partial charge is 0.164 e. The summed E-state index contributed by atoms with van der Waals surface area (Å²) in [6, 6.07) is 17.7. The molecule has 1 unspecified atom stereocenters. The van der Waals surface area contributed by atoms with Crippen molar-refractivity contribution in [3.05, 3.63) is 70.2 Å². The Morgan fingerprint density at radius 3 is 2.32 bits per heavy atom. The van der Waals surface area contributed by atoms with Crippen LogP contribution < -0.4 is 0 Å². The number of Topliss-reactive ketones (excluding diaryl/α,β-unsaturated/α-hetero) is 1. The summed E-state index contributed by atoms with van der Waals surface area (Å²) in [5.74, 6) is 0.197. The zero-order valence-electron chi connectivity index (χ0n) is 10.7. The van der Waals surface area contributed by atoms with Gasteiger partial charge in [0, 0.05) is 21.7 Å². The maximum Gasteiger partial charge on any atom is 0.164 e. The van der Waals surface area contributed by atoms with Gasteiger partial charge in [-0.15, -0.1) is 0 Å². The van der Waals surface area contributed by atoms with Gasteiger partial charge >= 0.3 is 0 Å². The Morgan fingerprint density at radius 1 is 1.11 bits per heavy atom. The van der Waals surface area contributed by atoms with Crippen LogP contribution in [0.15, 0.2) is 59.1 Å². The molecule has 0 saturated carbocycles. The highest BCUT2D eigenvalue weighted by atomic mass is 79.9. The molecule has 0 amide bonds. The minimum absolute atomic E-state index is 0.197. The molecule has 1 nitrogen and oxygen atoms in total. The second-order valence-corrected chi connectivity index (χ2v) is 6.23. The highest BCUT2D eigenvalue weighted by Crippen LogP contribution is 2.32. The molecule has 0 aliphatic carbocycles. The fraction of sp³-hybridized carbons (Fsp3) is 0.188. The Labute approximate surface area is 126 Å². The van der Waals surface area contributed by atoms with Gasteiger partial charge in [0.05, 0.1) is 0 Å². The molecule has 0 saturated heterocycles. The lowest BCUT2D eigenvalue weighted by atomic mass is 10.0. The first-order valence-electron chi connectivity index (χ1n) is 6.07. The maximum atomic E-state index is 12.2. The molecule has 98 valence electrons. The molecule has 0 radical (unpaired) electrons. The quantitative estimate of drug-likeness (QED) is 0.705. The van der Waals surface area contributed by atoms with Gasteiger partial charge < -0.3 is 0 Å². The molecule has 0 heterocycles. The number of benzene rings is 2. The van der Waals surface area contributed by atoms with Crippen LogP contribution in [-0.2, 0) is 0 Å². The molecule has 1 atom stereocenters. The van der Waals surface area contributed by atoms with Gasteiger partial charge in [-0.2, -0.15) is 11.8 Å². The molecule has 2 aromatic rings. The van der Waals surface area contributed by atoms with E-state index in [-0.39, 0.29) is 11.0 Å². The summed E-state index contributed by atoms with van der Waals surface area (Å²) in [6.07, 6.45) is 2.58. The summed E-state index contributed by atoms with van der Waals surface area (Å²) in [6.45, 7) is 0. The lowest BCUT2D eigenvalue weighted by molar-refractivity contribution is 0.0982. The number of carbonyl (C=O) groups excluding carboxylic acids is 1. The molecule has 0 bridgehead atoms. The van der Waals surface area contributed by atoms with Gasteiger partial charge in [0.1, 0.15) is 0 Å². The molecule has 0 fully saturated rings. The van der Waals surface area contributed by atoms with Crippen LogP contribution in [0.2, 0.25) is 0 Å². The fourth-order valence-corrected chi connectivity index (χ4v) is 2.94. The molecule has 2 aromatic carbocycles. The minimum Gasteiger partial charge on any atom is -0.294 e. The van der Waals surface area contributed by atoms with E-state index < -0.39 is 0 Å². The van der Waals surface area contributed by atoms with E-state index in [2.05, 4.69) is 28.1 Å². The van der Waals surface area contributed by atoms with E-state index in [1.54, 1.807) is 11.8 Å². The highest BCUT2D eigenvalue weighted by molar-refractivity contribution is 9.10. The Bertz CT molecular complexity index is 536. The zero-order valence-corrected chi connectivity index (χ0v) is 13.1. The second-order valence-electron chi connectivity index (χ2n) is 4.27. The zero-order chi connectivity index (χ0) is 13.7. The van der Waals surface area contributed by atoms with Crippen LogP contribution in [0.4, 0.5) is 0 Å². The summed E-state index contributed by atoms with van der Waals surface area (Å²) in [5.41, 5.74) is 1.98. The van der Waals surface area contributed by atoms with Gasteiger partial charge in [0.2, 0.25) is 0 Å². The first-order valence-corrected chi connectivity index (χ1v) is 8.15. The average molecular weight is 335 g/mol. The van der Waals surface area contributed by atoms with Crippen molar-refractivity contribution >= 4 is 33.5 Å². The standard InChI is InChI=1S/C16H15BrOS/c1-19-16(13-7-9-14(17)10-8-13)11-15(18)12-5-3-2-4-6-12/h2-10,16H,11H2,1H3. The maximum absolute atomic E-state index is 12.2. The molecular formula is C16H15BrOS. The van der Waals surface area contributed by atoms with Crippen LogP contribution in [0.1, 0.15) is 27.6 Å². The van der Waals surface area contributed by atoms with E-state index in [0.29, 0.717) is 6.42 Å². The van der Waals surface area contributed by atoms with Crippen LogP contribution in [0.25, 0.3) is 0 Å².